The van der Waals surface area contributed by atoms with E-state index < -0.39 is 21.9 Å². The Bertz CT molecular complexity index is 982. The summed E-state index contributed by atoms with van der Waals surface area (Å²) < 4.78 is 34.9. The molecule has 0 bridgehead atoms. The minimum atomic E-state index is -3.91. The monoisotopic (exact) mass is 405 g/mol. The standard InChI is InChI=1S/C19H19NO7S/c1-13(2)18(22)26-12-11-20-19(23)27-14-7-9-15(10-8-14)28(24,25)17-6-4-3-5-16(17)21/h3-10,21H,1,11-12H2,2H3,(H,20,23). The lowest BCUT2D eigenvalue weighted by Gasteiger charge is -2.09. The molecule has 0 aliphatic carbocycles. The lowest BCUT2D eigenvalue weighted by Crippen LogP contribution is -2.30. The van der Waals surface area contributed by atoms with E-state index in [2.05, 4.69) is 11.9 Å². The van der Waals surface area contributed by atoms with Crippen molar-refractivity contribution in [3.63, 3.8) is 0 Å². The van der Waals surface area contributed by atoms with Crippen LogP contribution in [0.5, 0.6) is 11.5 Å². The Kier molecular flexibility index (Phi) is 6.78. The molecule has 148 valence electrons. The number of para-hydroxylation sites is 1. The summed E-state index contributed by atoms with van der Waals surface area (Å²) in [4.78, 5) is 22.6. The molecule has 0 spiro atoms. The van der Waals surface area contributed by atoms with Gasteiger partial charge in [0.15, 0.2) is 0 Å². The first-order chi connectivity index (χ1) is 13.2. The van der Waals surface area contributed by atoms with Gasteiger partial charge in [0.05, 0.1) is 11.4 Å². The number of rotatable bonds is 7. The van der Waals surface area contributed by atoms with Gasteiger partial charge in [-0.15, -0.1) is 0 Å². The van der Waals surface area contributed by atoms with Crippen LogP contribution in [0.25, 0.3) is 0 Å². The van der Waals surface area contributed by atoms with Crippen LogP contribution in [-0.4, -0.2) is 38.7 Å². The molecule has 0 saturated heterocycles. The number of ether oxygens (including phenoxy) is 2. The van der Waals surface area contributed by atoms with Gasteiger partial charge in [-0.25, -0.2) is 18.0 Å². The van der Waals surface area contributed by atoms with Crippen molar-refractivity contribution in [2.24, 2.45) is 0 Å². The zero-order chi connectivity index (χ0) is 20.7. The Hall–Kier alpha value is -3.33. The molecule has 0 unspecified atom stereocenters. The van der Waals surface area contributed by atoms with Crippen molar-refractivity contribution in [2.45, 2.75) is 16.7 Å². The lowest BCUT2D eigenvalue weighted by atomic mass is 10.3. The predicted molar refractivity (Wildman–Crippen MR) is 99.8 cm³/mol. The summed E-state index contributed by atoms with van der Waals surface area (Å²) in [5, 5.41) is 12.1. The van der Waals surface area contributed by atoms with Crippen LogP contribution < -0.4 is 10.1 Å². The van der Waals surface area contributed by atoms with Crippen LogP contribution in [0, 0.1) is 0 Å². The number of phenols is 1. The maximum absolute atomic E-state index is 12.5. The van der Waals surface area contributed by atoms with Gasteiger partial charge in [0.2, 0.25) is 9.84 Å². The average Bonchev–Trinajstić information content (AvgIpc) is 2.65. The van der Waals surface area contributed by atoms with E-state index in [1.54, 1.807) is 0 Å². The molecule has 9 heteroatoms. The first-order valence-corrected chi connectivity index (χ1v) is 9.61. The van der Waals surface area contributed by atoms with E-state index in [0.29, 0.717) is 0 Å². The van der Waals surface area contributed by atoms with Crippen molar-refractivity contribution < 1.29 is 32.6 Å². The Morgan fingerprint density at radius 1 is 1.11 bits per heavy atom. The molecule has 0 atom stereocenters. The molecule has 0 aliphatic rings. The Labute approximate surface area is 162 Å². The molecule has 0 aliphatic heterocycles. The third-order valence-electron chi connectivity index (χ3n) is 3.45. The number of carbonyl (C=O) groups is 2. The molecular weight excluding hydrogens is 386 g/mol. The molecule has 0 radical (unpaired) electrons. The summed E-state index contributed by atoms with van der Waals surface area (Å²) in [7, 11) is -3.91. The van der Waals surface area contributed by atoms with Crippen molar-refractivity contribution in [2.75, 3.05) is 13.2 Å². The van der Waals surface area contributed by atoms with E-state index in [-0.39, 0.29) is 40.0 Å². The second kappa shape index (κ2) is 9.05. The molecule has 2 rings (SSSR count). The number of sulfone groups is 1. The number of hydrogen-bond acceptors (Lipinski definition) is 7. The maximum Gasteiger partial charge on any atom is 0.412 e. The molecule has 2 aromatic rings. The Morgan fingerprint density at radius 2 is 1.75 bits per heavy atom. The van der Waals surface area contributed by atoms with Gasteiger partial charge in [0, 0.05) is 5.57 Å². The van der Waals surface area contributed by atoms with Crippen molar-refractivity contribution in [3.8, 4) is 11.5 Å². The zero-order valence-electron chi connectivity index (χ0n) is 15.0. The first-order valence-electron chi connectivity index (χ1n) is 8.13. The summed E-state index contributed by atoms with van der Waals surface area (Å²) in [6.45, 7) is 4.93. The fourth-order valence-electron chi connectivity index (χ4n) is 2.06. The van der Waals surface area contributed by atoms with Crippen LogP contribution in [-0.2, 0) is 19.4 Å². The van der Waals surface area contributed by atoms with Crippen molar-refractivity contribution in [1.29, 1.82) is 0 Å². The van der Waals surface area contributed by atoms with Gasteiger partial charge in [0.25, 0.3) is 0 Å². The van der Waals surface area contributed by atoms with Crippen molar-refractivity contribution in [3.05, 3.63) is 60.7 Å². The molecule has 2 aromatic carbocycles. The average molecular weight is 405 g/mol. The second-order valence-corrected chi connectivity index (χ2v) is 7.59. The highest BCUT2D eigenvalue weighted by atomic mass is 32.2. The van der Waals surface area contributed by atoms with Crippen LogP contribution >= 0.6 is 0 Å². The predicted octanol–water partition coefficient (Wildman–Crippen LogP) is 2.43. The topological polar surface area (TPSA) is 119 Å². The maximum atomic E-state index is 12.5. The number of amides is 1. The number of esters is 1. The number of phenolic OH excluding ortho intramolecular Hbond substituents is 1. The highest BCUT2D eigenvalue weighted by Gasteiger charge is 2.21. The summed E-state index contributed by atoms with van der Waals surface area (Å²) in [5.41, 5.74) is 0.251. The molecule has 2 N–H and O–H groups in total. The Balaban J connectivity index is 1.94. The highest BCUT2D eigenvalue weighted by Crippen LogP contribution is 2.29. The molecule has 0 aromatic heterocycles. The summed E-state index contributed by atoms with van der Waals surface area (Å²) in [6.07, 6.45) is -0.789. The quantitative estimate of drug-likeness (QED) is 0.412. The van der Waals surface area contributed by atoms with Crippen LogP contribution in [0.4, 0.5) is 4.79 Å². The van der Waals surface area contributed by atoms with E-state index in [0.717, 1.165) is 0 Å². The normalized spacial score (nSPS) is 10.8. The molecule has 28 heavy (non-hydrogen) atoms. The van der Waals surface area contributed by atoms with E-state index in [1.165, 1.54) is 55.5 Å². The van der Waals surface area contributed by atoms with E-state index >= 15 is 0 Å². The smallest absolute Gasteiger partial charge is 0.412 e. The second-order valence-electron chi connectivity index (χ2n) is 5.68. The van der Waals surface area contributed by atoms with Crippen LogP contribution in [0.15, 0.2) is 70.5 Å². The van der Waals surface area contributed by atoms with E-state index in [4.69, 9.17) is 9.47 Å². The van der Waals surface area contributed by atoms with Gasteiger partial charge < -0.3 is 19.9 Å². The third kappa shape index (κ3) is 5.34. The van der Waals surface area contributed by atoms with Gasteiger partial charge in [0.1, 0.15) is 23.0 Å². The number of hydrogen-bond donors (Lipinski definition) is 2. The summed E-state index contributed by atoms with van der Waals surface area (Å²) >= 11 is 0. The fourth-order valence-corrected chi connectivity index (χ4v) is 3.41. The largest absolute Gasteiger partial charge is 0.507 e. The minimum Gasteiger partial charge on any atom is -0.507 e. The van der Waals surface area contributed by atoms with Gasteiger partial charge in [-0.3, -0.25) is 0 Å². The summed E-state index contributed by atoms with van der Waals surface area (Å²) in [6, 6.07) is 10.7. The molecule has 0 fully saturated rings. The number of carbonyl (C=O) groups excluding carboxylic acids is 2. The molecule has 0 heterocycles. The van der Waals surface area contributed by atoms with E-state index in [1.807, 2.05) is 0 Å². The molecule has 8 nitrogen and oxygen atoms in total. The van der Waals surface area contributed by atoms with Crippen LogP contribution in [0.2, 0.25) is 0 Å². The molecular formula is C19H19NO7S. The van der Waals surface area contributed by atoms with E-state index in [9.17, 15) is 23.1 Å². The van der Waals surface area contributed by atoms with Gasteiger partial charge in [-0.05, 0) is 43.3 Å². The lowest BCUT2D eigenvalue weighted by molar-refractivity contribution is -0.138. The van der Waals surface area contributed by atoms with Crippen molar-refractivity contribution in [1.82, 2.24) is 5.32 Å². The SMILES string of the molecule is C=C(C)C(=O)OCCNC(=O)Oc1ccc(S(=O)(=O)c2ccccc2O)cc1. The van der Waals surface area contributed by atoms with Gasteiger partial charge in [-0.2, -0.15) is 0 Å². The fraction of sp³-hybridized carbons (Fsp3) is 0.158. The summed E-state index contributed by atoms with van der Waals surface area (Å²) in [5.74, 6) is -0.793. The highest BCUT2D eigenvalue weighted by molar-refractivity contribution is 7.91. The number of aromatic hydroxyl groups is 1. The Morgan fingerprint density at radius 3 is 2.36 bits per heavy atom. The van der Waals surface area contributed by atoms with Gasteiger partial charge >= 0.3 is 12.1 Å². The van der Waals surface area contributed by atoms with Crippen molar-refractivity contribution >= 4 is 21.9 Å². The zero-order valence-corrected chi connectivity index (χ0v) is 15.9. The molecule has 0 saturated carbocycles. The number of nitrogens with one attached hydrogen (secondary N) is 1. The van der Waals surface area contributed by atoms with Crippen LogP contribution in [0.3, 0.4) is 0 Å². The third-order valence-corrected chi connectivity index (χ3v) is 5.27. The van der Waals surface area contributed by atoms with Crippen LogP contribution in [0.1, 0.15) is 6.92 Å². The number of benzene rings is 2. The minimum absolute atomic E-state index is 0.0393. The van der Waals surface area contributed by atoms with Gasteiger partial charge in [-0.1, -0.05) is 18.7 Å². The molecule has 1 amide bonds. The first kappa shape index (κ1) is 21.0.